The summed E-state index contributed by atoms with van der Waals surface area (Å²) in [6.07, 6.45) is 4.00. The quantitative estimate of drug-likeness (QED) is 0.924. The van der Waals surface area contributed by atoms with Gasteiger partial charge in [-0.1, -0.05) is 24.6 Å². The third-order valence-corrected chi connectivity index (χ3v) is 4.90. The Morgan fingerprint density at radius 2 is 2.05 bits per heavy atom. The van der Waals surface area contributed by atoms with E-state index in [9.17, 15) is 9.90 Å². The second kappa shape index (κ2) is 6.16. The average Bonchev–Trinajstić information content (AvgIpc) is 2.44. The van der Waals surface area contributed by atoms with Gasteiger partial charge in [-0.05, 0) is 37.9 Å². The van der Waals surface area contributed by atoms with Gasteiger partial charge in [0.1, 0.15) is 0 Å². The molecule has 2 aliphatic heterocycles. The van der Waals surface area contributed by atoms with Crippen molar-refractivity contribution >= 4 is 5.97 Å². The monoisotopic (exact) mass is 288 g/mol. The van der Waals surface area contributed by atoms with E-state index >= 15 is 0 Å². The summed E-state index contributed by atoms with van der Waals surface area (Å²) in [6.45, 7) is 6.45. The standard InChI is InChI=1S/C17H24N2O2/c1-13-6-4-5-9-19(13)15-11-18(12-15)10-14-7-2-3-8-16(14)17(20)21/h2-3,7-8,13,15H,4-6,9-12H2,1H3,(H,20,21)/t13-/m0/s1. The van der Waals surface area contributed by atoms with E-state index in [0.29, 0.717) is 17.6 Å². The Labute approximate surface area is 126 Å². The SMILES string of the molecule is C[C@H]1CCCCN1C1CN(Cc2ccccc2C(=O)O)C1. The van der Waals surface area contributed by atoms with Gasteiger partial charge in [0.2, 0.25) is 0 Å². The van der Waals surface area contributed by atoms with Crippen LogP contribution in [0.1, 0.15) is 42.1 Å². The fraction of sp³-hybridized carbons (Fsp3) is 0.588. The molecule has 2 heterocycles. The zero-order valence-corrected chi connectivity index (χ0v) is 12.7. The van der Waals surface area contributed by atoms with Gasteiger partial charge in [0.25, 0.3) is 0 Å². The van der Waals surface area contributed by atoms with Crippen molar-refractivity contribution in [2.24, 2.45) is 0 Å². The molecule has 0 radical (unpaired) electrons. The Hall–Kier alpha value is -1.39. The molecule has 0 saturated carbocycles. The highest BCUT2D eigenvalue weighted by Gasteiger charge is 2.35. The molecule has 1 N–H and O–H groups in total. The summed E-state index contributed by atoms with van der Waals surface area (Å²) >= 11 is 0. The molecule has 0 bridgehead atoms. The lowest BCUT2D eigenvalue weighted by atomic mass is 9.96. The lowest BCUT2D eigenvalue weighted by molar-refractivity contribution is -0.00634. The van der Waals surface area contributed by atoms with E-state index in [1.54, 1.807) is 12.1 Å². The van der Waals surface area contributed by atoms with E-state index in [0.717, 1.165) is 25.2 Å². The molecule has 21 heavy (non-hydrogen) atoms. The van der Waals surface area contributed by atoms with Gasteiger partial charge in [-0.3, -0.25) is 9.80 Å². The summed E-state index contributed by atoms with van der Waals surface area (Å²) in [7, 11) is 0. The van der Waals surface area contributed by atoms with Crippen LogP contribution >= 0.6 is 0 Å². The minimum absolute atomic E-state index is 0.437. The molecule has 114 valence electrons. The molecule has 0 spiro atoms. The summed E-state index contributed by atoms with van der Waals surface area (Å²) < 4.78 is 0. The van der Waals surface area contributed by atoms with Crippen LogP contribution in [0.4, 0.5) is 0 Å². The van der Waals surface area contributed by atoms with Crippen LogP contribution < -0.4 is 0 Å². The molecule has 1 aromatic carbocycles. The molecular formula is C17H24N2O2. The van der Waals surface area contributed by atoms with Gasteiger partial charge in [0, 0.05) is 31.7 Å². The number of carboxylic acids is 1. The number of carbonyl (C=O) groups is 1. The number of nitrogens with zero attached hydrogens (tertiary/aromatic N) is 2. The summed E-state index contributed by atoms with van der Waals surface area (Å²) in [5.74, 6) is -0.827. The third-order valence-electron chi connectivity index (χ3n) is 4.90. The molecule has 0 aliphatic carbocycles. The smallest absolute Gasteiger partial charge is 0.336 e. The summed E-state index contributed by atoms with van der Waals surface area (Å²) in [5.41, 5.74) is 1.36. The van der Waals surface area contributed by atoms with E-state index in [2.05, 4.69) is 16.7 Å². The van der Waals surface area contributed by atoms with Crippen LogP contribution in [0.25, 0.3) is 0 Å². The molecule has 1 atom stereocenters. The van der Waals surface area contributed by atoms with Gasteiger partial charge in [0.05, 0.1) is 5.56 Å². The molecule has 2 fully saturated rings. The van der Waals surface area contributed by atoms with Crippen molar-refractivity contribution in [1.82, 2.24) is 9.80 Å². The fourth-order valence-corrected chi connectivity index (χ4v) is 3.65. The Balaban J connectivity index is 1.56. The highest BCUT2D eigenvalue weighted by atomic mass is 16.4. The van der Waals surface area contributed by atoms with E-state index in [-0.39, 0.29) is 0 Å². The largest absolute Gasteiger partial charge is 0.478 e. The second-order valence-corrected chi connectivity index (χ2v) is 6.39. The number of aromatic carboxylic acids is 1. The number of carboxylic acid groups (broad SMARTS) is 1. The van der Waals surface area contributed by atoms with Gasteiger partial charge in [-0.2, -0.15) is 0 Å². The number of rotatable bonds is 4. The molecule has 3 rings (SSSR count). The van der Waals surface area contributed by atoms with Crippen molar-refractivity contribution in [2.75, 3.05) is 19.6 Å². The number of piperidine rings is 1. The van der Waals surface area contributed by atoms with Crippen LogP contribution in [0.3, 0.4) is 0 Å². The second-order valence-electron chi connectivity index (χ2n) is 6.39. The van der Waals surface area contributed by atoms with Crippen LogP contribution in [-0.4, -0.2) is 52.6 Å². The van der Waals surface area contributed by atoms with Gasteiger partial charge in [-0.25, -0.2) is 4.79 Å². The minimum atomic E-state index is -0.827. The molecule has 0 unspecified atom stereocenters. The third kappa shape index (κ3) is 3.11. The van der Waals surface area contributed by atoms with Crippen LogP contribution in [0, 0.1) is 0 Å². The lowest BCUT2D eigenvalue weighted by Crippen LogP contribution is -2.61. The maximum Gasteiger partial charge on any atom is 0.336 e. The molecule has 0 amide bonds. The van der Waals surface area contributed by atoms with Gasteiger partial charge in [-0.15, -0.1) is 0 Å². The summed E-state index contributed by atoms with van der Waals surface area (Å²) in [5, 5.41) is 9.23. The molecule has 2 aliphatic rings. The predicted molar refractivity (Wildman–Crippen MR) is 82.5 cm³/mol. The summed E-state index contributed by atoms with van der Waals surface area (Å²) in [4.78, 5) is 16.2. The first kappa shape index (κ1) is 14.5. The van der Waals surface area contributed by atoms with Crippen molar-refractivity contribution < 1.29 is 9.90 Å². The maximum absolute atomic E-state index is 11.2. The average molecular weight is 288 g/mol. The maximum atomic E-state index is 11.2. The zero-order valence-electron chi connectivity index (χ0n) is 12.7. The van der Waals surface area contributed by atoms with Crippen LogP contribution in [0.5, 0.6) is 0 Å². The summed E-state index contributed by atoms with van der Waals surface area (Å²) in [6, 6.07) is 8.71. The number of hydrogen-bond donors (Lipinski definition) is 1. The Kier molecular flexibility index (Phi) is 4.27. The van der Waals surface area contributed by atoms with Crippen molar-refractivity contribution in [3.05, 3.63) is 35.4 Å². The fourth-order valence-electron chi connectivity index (χ4n) is 3.65. The minimum Gasteiger partial charge on any atom is -0.478 e. The van der Waals surface area contributed by atoms with Crippen LogP contribution in [0.15, 0.2) is 24.3 Å². The van der Waals surface area contributed by atoms with Gasteiger partial charge < -0.3 is 5.11 Å². The number of likely N-dealkylation sites (tertiary alicyclic amines) is 2. The van der Waals surface area contributed by atoms with E-state index in [4.69, 9.17) is 0 Å². The van der Waals surface area contributed by atoms with Crippen LogP contribution in [-0.2, 0) is 6.54 Å². The normalized spacial score (nSPS) is 24.7. The molecular weight excluding hydrogens is 264 g/mol. The van der Waals surface area contributed by atoms with E-state index in [1.807, 2.05) is 12.1 Å². The first-order valence-corrected chi connectivity index (χ1v) is 7.94. The van der Waals surface area contributed by atoms with Crippen molar-refractivity contribution in [3.63, 3.8) is 0 Å². The molecule has 1 aromatic rings. The Morgan fingerprint density at radius 3 is 2.76 bits per heavy atom. The first-order chi connectivity index (χ1) is 10.1. The zero-order chi connectivity index (χ0) is 14.8. The lowest BCUT2D eigenvalue weighted by Gasteiger charge is -2.49. The highest BCUT2D eigenvalue weighted by Crippen LogP contribution is 2.26. The topological polar surface area (TPSA) is 43.8 Å². The van der Waals surface area contributed by atoms with Crippen molar-refractivity contribution in [1.29, 1.82) is 0 Å². The number of benzene rings is 1. The van der Waals surface area contributed by atoms with Crippen molar-refractivity contribution in [3.8, 4) is 0 Å². The van der Waals surface area contributed by atoms with Crippen LogP contribution in [0.2, 0.25) is 0 Å². The molecule has 4 heteroatoms. The van der Waals surface area contributed by atoms with Crippen molar-refractivity contribution in [2.45, 2.75) is 44.8 Å². The Bertz CT molecular complexity index is 511. The predicted octanol–water partition coefficient (Wildman–Crippen LogP) is 2.44. The van der Waals surface area contributed by atoms with E-state index < -0.39 is 5.97 Å². The molecule has 2 saturated heterocycles. The molecule has 0 aromatic heterocycles. The molecule has 4 nitrogen and oxygen atoms in total. The van der Waals surface area contributed by atoms with Gasteiger partial charge >= 0.3 is 5.97 Å². The number of hydrogen-bond acceptors (Lipinski definition) is 3. The van der Waals surface area contributed by atoms with E-state index in [1.165, 1.54) is 25.8 Å². The Morgan fingerprint density at radius 1 is 1.29 bits per heavy atom. The van der Waals surface area contributed by atoms with Gasteiger partial charge in [0.15, 0.2) is 0 Å². The first-order valence-electron chi connectivity index (χ1n) is 7.94. The highest BCUT2D eigenvalue weighted by molar-refractivity contribution is 5.89.